The van der Waals surface area contributed by atoms with Crippen LogP contribution in [0.3, 0.4) is 0 Å². The maximum Gasteiger partial charge on any atom is 0.309 e. The summed E-state index contributed by atoms with van der Waals surface area (Å²) < 4.78 is 0. The molecule has 0 aromatic heterocycles. The van der Waals surface area contributed by atoms with Crippen LogP contribution in [0, 0.1) is 0 Å². The van der Waals surface area contributed by atoms with Crippen molar-refractivity contribution in [1.29, 1.82) is 0 Å². The zero-order valence-electron chi connectivity index (χ0n) is 11.9. The Morgan fingerprint density at radius 2 is 1.05 bits per heavy atom. The predicted octanol–water partition coefficient (Wildman–Crippen LogP) is -0.241. The van der Waals surface area contributed by atoms with Gasteiger partial charge in [0.05, 0.1) is 0 Å². The lowest BCUT2D eigenvalue weighted by atomic mass is 9.90. The van der Waals surface area contributed by atoms with E-state index in [0.717, 1.165) is 51.4 Å². The Morgan fingerprint density at radius 1 is 0.700 bits per heavy atom. The average Bonchev–Trinajstić information content (AvgIpc) is 2.43. The molecule has 2 rings (SSSR count). The second-order valence-corrected chi connectivity index (χ2v) is 6.06. The smallest absolute Gasteiger partial charge is 0.309 e. The van der Waals surface area contributed by atoms with Crippen LogP contribution in [0.5, 0.6) is 0 Å². The first-order valence-electron chi connectivity index (χ1n) is 7.70. The Balaban J connectivity index is 1.80. The van der Waals surface area contributed by atoms with E-state index in [1.807, 2.05) is 0 Å². The summed E-state index contributed by atoms with van der Waals surface area (Å²) in [5.41, 5.74) is 11.9. The van der Waals surface area contributed by atoms with Crippen LogP contribution in [0.4, 0.5) is 0 Å². The molecular weight excluding hydrogens is 256 g/mol. The van der Waals surface area contributed by atoms with Crippen LogP contribution in [-0.2, 0) is 9.59 Å². The van der Waals surface area contributed by atoms with Gasteiger partial charge in [-0.2, -0.15) is 0 Å². The van der Waals surface area contributed by atoms with Gasteiger partial charge in [-0.1, -0.05) is 25.7 Å². The summed E-state index contributed by atoms with van der Waals surface area (Å²) >= 11 is 0. The number of carbonyl (C=O) groups excluding carboxylic acids is 2. The van der Waals surface area contributed by atoms with E-state index in [-0.39, 0.29) is 24.2 Å². The van der Waals surface area contributed by atoms with Gasteiger partial charge < -0.3 is 22.1 Å². The number of rotatable bonds is 2. The highest BCUT2D eigenvalue weighted by molar-refractivity contribution is 6.35. The van der Waals surface area contributed by atoms with Gasteiger partial charge in [0, 0.05) is 24.2 Å². The number of hydrogen-bond acceptors (Lipinski definition) is 4. The molecule has 0 aliphatic heterocycles. The van der Waals surface area contributed by atoms with Gasteiger partial charge in [0.25, 0.3) is 0 Å². The lowest BCUT2D eigenvalue weighted by Crippen LogP contribution is -2.56. The van der Waals surface area contributed by atoms with Gasteiger partial charge in [-0.15, -0.1) is 0 Å². The molecule has 6 heteroatoms. The fourth-order valence-electron chi connectivity index (χ4n) is 3.15. The number of nitrogens with two attached hydrogens (primary N) is 2. The molecule has 6 N–H and O–H groups in total. The highest BCUT2D eigenvalue weighted by atomic mass is 16.2. The van der Waals surface area contributed by atoms with E-state index in [1.165, 1.54) is 0 Å². The molecule has 2 aliphatic rings. The van der Waals surface area contributed by atoms with Gasteiger partial charge in [-0.3, -0.25) is 9.59 Å². The zero-order chi connectivity index (χ0) is 14.5. The van der Waals surface area contributed by atoms with Crippen LogP contribution in [0.1, 0.15) is 51.4 Å². The molecule has 0 saturated heterocycles. The van der Waals surface area contributed by atoms with Crippen molar-refractivity contribution < 1.29 is 9.59 Å². The van der Waals surface area contributed by atoms with E-state index in [2.05, 4.69) is 10.6 Å². The number of carbonyl (C=O) groups is 2. The van der Waals surface area contributed by atoms with Gasteiger partial charge >= 0.3 is 11.8 Å². The predicted molar refractivity (Wildman–Crippen MR) is 76.7 cm³/mol. The number of nitrogens with one attached hydrogen (secondary N) is 2. The molecule has 0 radical (unpaired) electrons. The van der Waals surface area contributed by atoms with Crippen molar-refractivity contribution in [1.82, 2.24) is 10.6 Å². The maximum absolute atomic E-state index is 11.9. The molecule has 0 unspecified atom stereocenters. The number of amides is 2. The highest BCUT2D eigenvalue weighted by Crippen LogP contribution is 2.18. The van der Waals surface area contributed by atoms with Crippen molar-refractivity contribution in [2.45, 2.75) is 75.5 Å². The van der Waals surface area contributed by atoms with Crippen LogP contribution in [0.2, 0.25) is 0 Å². The summed E-state index contributed by atoms with van der Waals surface area (Å²) in [6, 6.07) is -0.251. The number of hydrogen-bond donors (Lipinski definition) is 4. The minimum Gasteiger partial charge on any atom is -0.344 e. The highest BCUT2D eigenvalue weighted by Gasteiger charge is 2.29. The van der Waals surface area contributed by atoms with E-state index in [9.17, 15) is 9.59 Å². The van der Waals surface area contributed by atoms with Crippen molar-refractivity contribution in [3.63, 3.8) is 0 Å². The molecule has 0 spiro atoms. The Labute approximate surface area is 120 Å². The summed E-state index contributed by atoms with van der Waals surface area (Å²) in [5.74, 6) is -1.16. The lowest BCUT2D eigenvalue weighted by Gasteiger charge is -2.31. The fraction of sp³-hybridized carbons (Fsp3) is 0.857. The molecule has 0 aromatic carbocycles. The molecule has 2 fully saturated rings. The minimum atomic E-state index is -0.579. The summed E-state index contributed by atoms with van der Waals surface area (Å²) in [5, 5.41) is 5.51. The van der Waals surface area contributed by atoms with E-state index in [4.69, 9.17) is 11.5 Å². The van der Waals surface area contributed by atoms with Crippen LogP contribution in [0.15, 0.2) is 0 Å². The van der Waals surface area contributed by atoms with Gasteiger partial charge in [0.15, 0.2) is 0 Å². The molecule has 2 aliphatic carbocycles. The normalized spacial score (nSPS) is 34.3. The third-order valence-electron chi connectivity index (χ3n) is 4.48. The summed E-state index contributed by atoms with van der Waals surface area (Å²) in [7, 11) is 0. The molecule has 0 heterocycles. The largest absolute Gasteiger partial charge is 0.344 e. The van der Waals surface area contributed by atoms with Gasteiger partial charge in [0.1, 0.15) is 0 Å². The first-order chi connectivity index (χ1) is 9.58. The van der Waals surface area contributed by atoms with Crippen LogP contribution in [0.25, 0.3) is 0 Å². The van der Waals surface area contributed by atoms with Crippen LogP contribution >= 0.6 is 0 Å². The second kappa shape index (κ2) is 7.04. The molecule has 0 bridgehead atoms. The van der Waals surface area contributed by atoms with Crippen LogP contribution < -0.4 is 22.1 Å². The molecular formula is C14H26N4O2. The van der Waals surface area contributed by atoms with Crippen molar-refractivity contribution in [2.75, 3.05) is 0 Å². The monoisotopic (exact) mass is 282 g/mol. The zero-order valence-corrected chi connectivity index (χ0v) is 11.9. The SMILES string of the molecule is N[C@@H]1CCCC[C@H]1NC(=O)C(=O)N[C@@H]1CCCC[C@H]1N. The Hall–Kier alpha value is -1.14. The van der Waals surface area contributed by atoms with Gasteiger partial charge in [0.2, 0.25) is 0 Å². The van der Waals surface area contributed by atoms with Gasteiger partial charge in [-0.05, 0) is 25.7 Å². The third-order valence-corrected chi connectivity index (χ3v) is 4.48. The molecule has 2 saturated carbocycles. The first kappa shape index (κ1) is 15.3. The summed E-state index contributed by atoms with van der Waals surface area (Å²) in [4.78, 5) is 23.8. The van der Waals surface area contributed by atoms with E-state index in [1.54, 1.807) is 0 Å². The topological polar surface area (TPSA) is 110 Å². The van der Waals surface area contributed by atoms with Crippen molar-refractivity contribution in [3.8, 4) is 0 Å². The molecule has 114 valence electrons. The molecule has 2 amide bonds. The standard InChI is InChI=1S/C14H26N4O2/c15-9-5-1-3-7-11(9)17-13(19)14(20)18-12-8-4-2-6-10(12)16/h9-12H,1-8,15-16H2,(H,17,19)(H,18,20)/t9-,10-,11-,12-/m1/s1. The lowest BCUT2D eigenvalue weighted by molar-refractivity contribution is -0.140. The summed E-state index contributed by atoms with van der Waals surface area (Å²) in [6.45, 7) is 0. The Kier molecular flexibility index (Phi) is 5.37. The van der Waals surface area contributed by atoms with E-state index >= 15 is 0 Å². The summed E-state index contributed by atoms with van der Waals surface area (Å²) in [6.07, 6.45) is 7.79. The van der Waals surface area contributed by atoms with E-state index in [0.29, 0.717) is 0 Å². The van der Waals surface area contributed by atoms with E-state index < -0.39 is 11.8 Å². The van der Waals surface area contributed by atoms with Crippen LogP contribution in [-0.4, -0.2) is 36.0 Å². The first-order valence-corrected chi connectivity index (χ1v) is 7.70. The average molecular weight is 282 g/mol. The van der Waals surface area contributed by atoms with Crippen molar-refractivity contribution in [2.24, 2.45) is 11.5 Å². The van der Waals surface area contributed by atoms with Crippen molar-refractivity contribution in [3.05, 3.63) is 0 Å². The second-order valence-electron chi connectivity index (χ2n) is 6.06. The maximum atomic E-state index is 11.9. The molecule has 6 nitrogen and oxygen atoms in total. The van der Waals surface area contributed by atoms with Gasteiger partial charge in [-0.25, -0.2) is 0 Å². The molecule has 0 aromatic rings. The third kappa shape index (κ3) is 3.93. The molecule has 4 atom stereocenters. The van der Waals surface area contributed by atoms with Crippen molar-refractivity contribution >= 4 is 11.8 Å². The quantitative estimate of drug-likeness (QED) is 0.524. The Morgan fingerprint density at radius 3 is 1.40 bits per heavy atom. The Bertz CT molecular complexity index is 327. The fourth-order valence-corrected chi connectivity index (χ4v) is 3.15. The molecule has 20 heavy (non-hydrogen) atoms. The minimum absolute atomic E-state index is 0.0440.